The molecule has 1 aromatic heterocycles. The molecule has 0 fully saturated rings. The van der Waals surface area contributed by atoms with Crippen molar-refractivity contribution >= 4 is 5.78 Å². The van der Waals surface area contributed by atoms with E-state index < -0.39 is 5.63 Å². The Bertz CT molecular complexity index is 525. The molecule has 2 rings (SSSR count). The molecule has 4 heteroatoms. The van der Waals surface area contributed by atoms with E-state index in [9.17, 15) is 14.7 Å². The molecule has 0 saturated heterocycles. The maximum atomic E-state index is 12.1. The topological polar surface area (TPSA) is 67.5 Å². The Morgan fingerprint density at radius 3 is 2.82 bits per heavy atom. The molecule has 0 bridgehead atoms. The number of hydrogen-bond acceptors (Lipinski definition) is 4. The largest absolute Gasteiger partial charge is 0.507 e. The van der Waals surface area contributed by atoms with Gasteiger partial charge in [0, 0.05) is 12.0 Å². The third-order valence-electron chi connectivity index (χ3n) is 2.94. The number of aryl methyl sites for hydroxylation is 1. The third kappa shape index (κ3) is 2.30. The van der Waals surface area contributed by atoms with E-state index in [1.165, 1.54) is 6.07 Å². The van der Waals surface area contributed by atoms with E-state index in [1.807, 2.05) is 12.2 Å². The molecule has 1 heterocycles. The van der Waals surface area contributed by atoms with E-state index in [4.69, 9.17) is 4.42 Å². The first-order valence-electron chi connectivity index (χ1n) is 5.62. The fourth-order valence-corrected chi connectivity index (χ4v) is 2.06. The van der Waals surface area contributed by atoms with Gasteiger partial charge in [0.25, 0.3) is 0 Å². The highest BCUT2D eigenvalue weighted by atomic mass is 16.4. The van der Waals surface area contributed by atoms with Gasteiger partial charge in [-0.05, 0) is 26.2 Å². The lowest BCUT2D eigenvalue weighted by Crippen LogP contribution is -2.22. The standard InChI is InChI=1S/C13H14O4/c1-8-7-10(14)11(13(16)17-8)12(15)9-5-3-2-4-6-9/h2-3,7,9,14H,4-6H2,1H3. The molecule has 0 radical (unpaired) electrons. The Balaban J connectivity index is 2.37. The van der Waals surface area contributed by atoms with E-state index >= 15 is 0 Å². The molecule has 4 nitrogen and oxygen atoms in total. The second-order valence-electron chi connectivity index (χ2n) is 4.25. The minimum absolute atomic E-state index is 0.212. The van der Waals surface area contributed by atoms with Crippen molar-refractivity contribution in [1.29, 1.82) is 0 Å². The van der Waals surface area contributed by atoms with Gasteiger partial charge in [0.2, 0.25) is 0 Å². The zero-order valence-electron chi connectivity index (χ0n) is 9.60. The lowest BCUT2D eigenvalue weighted by Gasteiger charge is -2.16. The minimum atomic E-state index is -0.748. The zero-order valence-corrected chi connectivity index (χ0v) is 9.60. The summed E-state index contributed by atoms with van der Waals surface area (Å²) >= 11 is 0. The normalized spacial score (nSPS) is 19.2. The number of ketones is 1. The highest BCUT2D eigenvalue weighted by molar-refractivity contribution is 5.99. The maximum Gasteiger partial charge on any atom is 0.350 e. The van der Waals surface area contributed by atoms with Crippen molar-refractivity contribution in [3.8, 4) is 5.75 Å². The summed E-state index contributed by atoms with van der Waals surface area (Å²) in [5.74, 6) is -0.525. The van der Waals surface area contributed by atoms with Gasteiger partial charge >= 0.3 is 5.63 Å². The van der Waals surface area contributed by atoms with Crippen LogP contribution in [-0.4, -0.2) is 10.9 Å². The van der Waals surface area contributed by atoms with Gasteiger partial charge in [0.15, 0.2) is 5.78 Å². The third-order valence-corrected chi connectivity index (χ3v) is 2.94. The molecule has 0 aliphatic heterocycles. The van der Waals surface area contributed by atoms with Crippen LogP contribution in [0, 0.1) is 12.8 Å². The summed E-state index contributed by atoms with van der Waals surface area (Å²) in [4.78, 5) is 23.7. The van der Waals surface area contributed by atoms with Crippen molar-refractivity contribution < 1.29 is 14.3 Å². The number of allylic oxidation sites excluding steroid dienone is 2. The molecule has 1 unspecified atom stereocenters. The van der Waals surface area contributed by atoms with Crippen LogP contribution in [0.15, 0.2) is 27.4 Å². The lowest BCUT2D eigenvalue weighted by molar-refractivity contribution is 0.0904. The molecular weight excluding hydrogens is 220 g/mol. The minimum Gasteiger partial charge on any atom is -0.507 e. The Morgan fingerprint density at radius 2 is 2.24 bits per heavy atom. The predicted octanol–water partition coefficient (Wildman–Crippen LogP) is 2.19. The predicted molar refractivity (Wildman–Crippen MR) is 62.2 cm³/mol. The first-order valence-corrected chi connectivity index (χ1v) is 5.62. The summed E-state index contributed by atoms with van der Waals surface area (Å²) in [5, 5.41) is 9.67. The van der Waals surface area contributed by atoms with Crippen LogP contribution in [0.4, 0.5) is 0 Å². The van der Waals surface area contributed by atoms with Crippen molar-refractivity contribution in [3.05, 3.63) is 40.0 Å². The van der Waals surface area contributed by atoms with Crippen molar-refractivity contribution in [3.63, 3.8) is 0 Å². The van der Waals surface area contributed by atoms with E-state index in [1.54, 1.807) is 6.92 Å². The molecule has 0 spiro atoms. The molecule has 1 aliphatic rings. The highest BCUT2D eigenvalue weighted by Gasteiger charge is 2.26. The van der Waals surface area contributed by atoms with Crippen LogP contribution in [0.1, 0.15) is 35.4 Å². The van der Waals surface area contributed by atoms with Crippen LogP contribution in [0.2, 0.25) is 0 Å². The van der Waals surface area contributed by atoms with E-state index in [0.29, 0.717) is 18.6 Å². The average molecular weight is 234 g/mol. The molecule has 1 aliphatic carbocycles. The fraction of sp³-hybridized carbons (Fsp3) is 0.385. The summed E-state index contributed by atoms with van der Waals surface area (Å²) in [6, 6.07) is 1.30. The molecule has 17 heavy (non-hydrogen) atoms. The molecule has 1 N–H and O–H groups in total. The van der Waals surface area contributed by atoms with Crippen molar-refractivity contribution in [2.45, 2.75) is 26.2 Å². The Kier molecular flexibility index (Phi) is 3.13. The summed E-state index contributed by atoms with van der Waals surface area (Å²) < 4.78 is 4.85. The van der Waals surface area contributed by atoms with Crippen molar-refractivity contribution in [2.75, 3.05) is 0 Å². The van der Waals surface area contributed by atoms with Crippen molar-refractivity contribution in [2.24, 2.45) is 5.92 Å². The zero-order chi connectivity index (χ0) is 12.4. The quantitative estimate of drug-likeness (QED) is 0.629. The Morgan fingerprint density at radius 1 is 1.47 bits per heavy atom. The smallest absolute Gasteiger partial charge is 0.350 e. The van der Waals surface area contributed by atoms with Gasteiger partial charge in [-0.1, -0.05) is 12.2 Å². The average Bonchev–Trinajstić information content (AvgIpc) is 2.28. The monoisotopic (exact) mass is 234 g/mol. The SMILES string of the molecule is Cc1cc(O)c(C(=O)C2CC=CCC2)c(=O)o1. The molecule has 0 aromatic carbocycles. The molecule has 1 atom stereocenters. The van der Waals surface area contributed by atoms with Gasteiger partial charge in [-0.2, -0.15) is 0 Å². The summed E-state index contributed by atoms with van der Waals surface area (Å²) in [7, 11) is 0. The van der Waals surface area contributed by atoms with Gasteiger partial charge in [-0.25, -0.2) is 4.79 Å². The fourth-order valence-electron chi connectivity index (χ4n) is 2.06. The highest BCUT2D eigenvalue weighted by Crippen LogP contribution is 2.25. The summed E-state index contributed by atoms with van der Waals surface area (Å²) in [6.45, 7) is 1.55. The Labute approximate surface area is 98.6 Å². The van der Waals surface area contributed by atoms with Gasteiger partial charge < -0.3 is 9.52 Å². The number of hydrogen-bond donors (Lipinski definition) is 1. The molecule has 0 amide bonds. The maximum absolute atomic E-state index is 12.1. The number of Topliss-reactive ketones (excluding diaryl/α,β-unsaturated/α-hetero) is 1. The molecular formula is C13H14O4. The van der Waals surface area contributed by atoms with Gasteiger partial charge in [-0.3, -0.25) is 4.79 Å². The van der Waals surface area contributed by atoms with Crippen molar-refractivity contribution in [1.82, 2.24) is 0 Å². The summed E-state index contributed by atoms with van der Waals surface area (Å²) in [6.07, 6.45) is 6.10. The van der Waals surface area contributed by atoms with E-state index in [0.717, 1.165) is 6.42 Å². The van der Waals surface area contributed by atoms with E-state index in [2.05, 4.69) is 0 Å². The first kappa shape index (κ1) is 11.6. The second kappa shape index (κ2) is 4.57. The summed E-state index contributed by atoms with van der Waals surface area (Å²) in [5.41, 5.74) is -0.960. The Hall–Kier alpha value is -1.84. The number of rotatable bonds is 2. The van der Waals surface area contributed by atoms with Gasteiger partial charge in [-0.15, -0.1) is 0 Å². The first-order chi connectivity index (χ1) is 8.09. The van der Waals surface area contributed by atoms with Crippen LogP contribution >= 0.6 is 0 Å². The van der Waals surface area contributed by atoms with Crippen LogP contribution in [0.25, 0.3) is 0 Å². The molecule has 0 saturated carbocycles. The number of aromatic hydroxyl groups is 1. The lowest BCUT2D eigenvalue weighted by atomic mass is 9.87. The van der Waals surface area contributed by atoms with Crippen LogP contribution < -0.4 is 5.63 Å². The van der Waals surface area contributed by atoms with Gasteiger partial charge in [0.1, 0.15) is 17.1 Å². The van der Waals surface area contributed by atoms with Crippen LogP contribution in [0.5, 0.6) is 5.75 Å². The molecule has 90 valence electrons. The van der Waals surface area contributed by atoms with Crippen LogP contribution in [-0.2, 0) is 0 Å². The second-order valence-corrected chi connectivity index (χ2v) is 4.25. The van der Waals surface area contributed by atoms with Crippen LogP contribution in [0.3, 0.4) is 0 Å². The van der Waals surface area contributed by atoms with Gasteiger partial charge in [0.05, 0.1) is 0 Å². The molecule has 1 aromatic rings. The van der Waals surface area contributed by atoms with E-state index in [-0.39, 0.29) is 23.0 Å². The number of carbonyl (C=O) groups is 1. The number of carbonyl (C=O) groups excluding carboxylic acids is 1.